The highest BCUT2D eigenvalue weighted by molar-refractivity contribution is 5.88. The summed E-state index contributed by atoms with van der Waals surface area (Å²) in [5.74, 6) is 1.24. The molecule has 0 aliphatic carbocycles. The van der Waals surface area contributed by atoms with Gasteiger partial charge in [0.05, 0.1) is 20.6 Å². The van der Waals surface area contributed by atoms with Crippen LogP contribution >= 0.6 is 0 Å². The van der Waals surface area contributed by atoms with E-state index in [1.54, 1.807) is 19.1 Å². The van der Waals surface area contributed by atoms with Gasteiger partial charge in [-0.25, -0.2) is 0 Å². The van der Waals surface area contributed by atoms with E-state index in [-0.39, 0.29) is 24.3 Å². The van der Waals surface area contributed by atoms with Crippen molar-refractivity contribution >= 4 is 11.8 Å². The fourth-order valence-electron chi connectivity index (χ4n) is 3.35. The molecule has 0 unspecified atom stereocenters. The molecule has 1 N–H and O–H groups in total. The molecule has 6 heteroatoms. The van der Waals surface area contributed by atoms with Gasteiger partial charge in [0.2, 0.25) is 11.8 Å². The molecule has 0 spiro atoms. The van der Waals surface area contributed by atoms with Crippen LogP contribution in [-0.2, 0) is 22.6 Å². The number of hydrogen-bond donors (Lipinski definition) is 1. The van der Waals surface area contributed by atoms with Crippen LogP contribution in [0.1, 0.15) is 44.7 Å². The zero-order valence-electron chi connectivity index (χ0n) is 19.2. The second-order valence-electron chi connectivity index (χ2n) is 7.64. The topological polar surface area (TPSA) is 67.9 Å². The van der Waals surface area contributed by atoms with Crippen molar-refractivity contribution < 1.29 is 19.1 Å². The van der Waals surface area contributed by atoms with Gasteiger partial charge < -0.3 is 19.7 Å². The number of nitrogens with one attached hydrogen (secondary N) is 1. The number of nitrogens with zero attached hydrogens (tertiary/aromatic N) is 1. The molecule has 0 aromatic heterocycles. The molecular weight excluding hydrogens is 392 g/mol. The van der Waals surface area contributed by atoms with Crippen LogP contribution in [0.5, 0.6) is 11.5 Å². The summed E-state index contributed by atoms with van der Waals surface area (Å²) in [5, 5.41) is 3.03. The van der Waals surface area contributed by atoms with Crippen molar-refractivity contribution in [2.45, 2.75) is 58.7 Å². The zero-order chi connectivity index (χ0) is 22.8. The summed E-state index contributed by atoms with van der Waals surface area (Å²) in [6.45, 7) is 6.25. The van der Waals surface area contributed by atoms with Crippen LogP contribution in [-0.4, -0.2) is 43.0 Å². The summed E-state index contributed by atoms with van der Waals surface area (Å²) >= 11 is 0. The van der Waals surface area contributed by atoms with Crippen molar-refractivity contribution in [3.8, 4) is 11.5 Å². The Morgan fingerprint density at radius 3 is 2.19 bits per heavy atom. The summed E-state index contributed by atoms with van der Waals surface area (Å²) in [7, 11) is 3.22. The fourth-order valence-corrected chi connectivity index (χ4v) is 3.35. The van der Waals surface area contributed by atoms with Crippen LogP contribution in [0.2, 0.25) is 0 Å². The maximum absolute atomic E-state index is 13.4. The van der Waals surface area contributed by atoms with Crippen molar-refractivity contribution in [3.63, 3.8) is 0 Å². The number of carbonyl (C=O) groups excluding carboxylic acids is 2. The van der Waals surface area contributed by atoms with Gasteiger partial charge in [-0.2, -0.15) is 0 Å². The van der Waals surface area contributed by atoms with Crippen LogP contribution < -0.4 is 14.8 Å². The number of ether oxygens (including phenoxy) is 2. The van der Waals surface area contributed by atoms with E-state index in [1.165, 1.54) is 0 Å². The van der Waals surface area contributed by atoms with Gasteiger partial charge in [0.25, 0.3) is 0 Å². The Kier molecular flexibility index (Phi) is 9.38. The molecular formula is C25H34N2O4. The van der Waals surface area contributed by atoms with Gasteiger partial charge in [-0.15, -0.1) is 0 Å². The minimum absolute atomic E-state index is 0.0527. The Labute approximate surface area is 185 Å². The highest BCUT2D eigenvalue weighted by Gasteiger charge is 2.29. The maximum atomic E-state index is 13.4. The smallest absolute Gasteiger partial charge is 0.243 e. The number of carbonyl (C=O) groups is 2. The molecule has 2 aromatic rings. The summed E-state index contributed by atoms with van der Waals surface area (Å²) < 4.78 is 10.5. The van der Waals surface area contributed by atoms with Gasteiger partial charge in [-0.3, -0.25) is 9.59 Å². The maximum Gasteiger partial charge on any atom is 0.243 e. The van der Waals surface area contributed by atoms with Gasteiger partial charge in [-0.05, 0) is 55.2 Å². The molecule has 2 aromatic carbocycles. The first-order chi connectivity index (χ1) is 14.9. The lowest BCUT2D eigenvalue weighted by molar-refractivity contribution is -0.141. The zero-order valence-corrected chi connectivity index (χ0v) is 19.2. The molecule has 168 valence electrons. The average Bonchev–Trinajstić information content (AvgIpc) is 2.79. The molecule has 0 saturated carbocycles. The molecule has 2 atom stereocenters. The molecule has 31 heavy (non-hydrogen) atoms. The van der Waals surface area contributed by atoms with Crippen LogP contribution in [0.3, 0.4) is 0 Å². The van der Waals surface area contributed by atoms with Crippen molar-refractivity contribution in [2.24, 2.45) is 0 Å². The lowest BCUT2D eigenvalue weighted by Crippen LogP contribution is -2.51. The molecule has 2 amide bonds. The standard InChI is InChI=1S/C25H34N2O4/c1-6-18(3)26-25(29)23(7-2)27(17-20-9-8-10-22(15-20)31-5)24(28)16-19-11-13-21(30-4)14-12-19/h8-15,18,23H,6-7,16-17H2,1-5H3,(H,26,29)/t18-,23-/m0/s1. The van der Waals surface area contributed by atoms with Crippen LogP contribution in [0.15, 0.2) is 48.5 Å². The van der Waals surface area contributed by atoms with Gasteiger partial charge in [0, 0.05) is 12.6 Å². The number of amides is 2. The molecule has 0 aliphatic rings. The first-order valence-electron chi connectivity index (χ1n) is 10.8. The summed E-state index contributed by atoms with van der Waals surface area (Å²) in [6, 6.07) is 14.5. The molecule has 2 rings (SSSR count). The predicted molar refractivity (Wildman–Crippen MR) is 122 cm³/mol. The lowest BCUT2D eigenvalue weighted by atomic mass is 10.1. The highest BCUT2D eigenvalue weighted by Crippen LogP contribution is 2.19. The van der Waals surface area contributed by atoms with Gasteiger partial charge in [0.15, 0.2) is 0 Å². The van der Waals surface area contributed by atoms with E-state index in [9.17, 15) is 9.59 Å². The second kappa shape index (κ2) is 12.0. The third-order valence-electron chi connectivity index (χ3n) is 5.39. The van der Waals surface area contributed by atoms with E-state index < -0.39 is 6.04 Å². The molecule has 6 nitrogen and oxygen atoms in total. The normalized spacial score (nSPS) is 12.5. The lowest BCUT2D eigenvalue weighted by Gasteiger charge is -2.31. The highest BCUT2D eigenvalue weighted by atomic mass is 16.5. The third-order valence-corrected chi connectivity index (χ3v) is 5.39. The van der Waals surface area contributed by atoms with E-state index in [4.69, 9.17) is 9.47 Å². The Morgan fingerprint density at radius 2 is 1.61 bits per heavy atom. The summed E-state index contributed by atoms with van der Waals surface area (Å²) in [6.07, 6.45) is 1.57. The van der Waals surface area contributed by atoms with Crippen molar-refractivity contribution in [1.29, 1.82) is 0 Å². The van der Waals surface area contributed by atoms with Gasteiger partial charge >= 0.3 is 0 Å². The van der Waals surface area contributed by atoms with E-state index in [0.717, 1.165) is 29.0 Å². The Balaban J connectivity index is 2.29. The van der Waals surface area contributed by atoms with Crippen LogP contribution in [0.4, 0.5) is 0 Å². The molecule has 0 radical (unpaired) electrons. The Hall–Kier alpha value is -3.02. The number of benzene rings is 2. The van der Waals surface area contributed by atoms with E-state index in [0.29, 0.717) is 13.0 Å². The number of hydrogen-bond acceptors (Lipinski definition) is 4. The van der Waals surface area contributed by atoms with Crippen molar-refractivity contribution in [1.82, 2.24) is 10.2 Å². The minimum Gasteiger partial charge on any atom is -0.497 e. The molecule has 0 heterocycles. The summed E-state index contributed by atoms with van der Waals surface area (Å²) in [4.78, 5) is 28.0. The van der Waals surface area contributed by atoms with Gasteiger partial charge in [0.1, 0.15) is 17.5 Å². The van der Waals surface area contributed by atoms with Gasteiger partial charge in [-0.1, -0.05) is 38.1 Å². The molecule has 0 saturated heterocycles. The van der Waals surface area contributed by atoms with E-state index >= 15 is 0 Å². The quantitative estimate of drug-likeness (QED) is 0.590. The molecule has 0 aliphatic heterocycles. The predicted octanol–water partition coefficient (Wildman–Crippen LogP) is 3.97. The van der Waals surface area contributed by atoms with Crippen molar-refractivity contribution in [3.05, 3.63) is 59.7 Å². The Morgan fingerprint density at radius 1 is 0.935 bits per heavy atom. The molecule has 0 fully saturated rings. The summed E-state index contributed by atoms with van der Waals surface area (Å²) in [5.41, 5.74) is 1.79. The van der Waals surface area contributed by atoms with E-state index in [1.807, 2.05) is 69.3 Å². The largest absolute Gasteiger partial charge is 0.497 e. The Bertz CT molecular complexity index is 851. The fraction of sp³-hybridized carbons (Fsp3) is 0.440. The first kappa shape index (κ1) is 24.3. The van der Waals surface area contributed by atoms with Crippen molar-refractivity contribution in [2.75, 3.05) is 14.2 Å². The number of rotatable bonds is 11. The SMILES string of the molecule is CC[C@H](C)NC(=O)[C@H](CC)N(Cc1cccc(OC)c1)C(=O)Cc1ccc(OC)cc1. The first-order valence-corrected chi connectivity index (χ1v) is 10.8. The van der Waals surface area contributed by atoms with E-state index in [2.05, 4.69) is 5.32 Å². The minimum atomic E-state index is -0.550. The molecule has 0 bridgehead atoms. The monoisotopic (exact) mass is 426 g/mol. The van der Waals surface area contributed by atoms with Crippen LogP contribution in [0.25, 0.3) is 0 Å². The van der Waals surface area contributed by atoms with Crippen LogP contribution in [0, 0.1) is 0 Å². The third kappa shape index (κ3) is 7.02. The number of methoxy groups -OCH3 is 2. The average molecular weight is 427 g/mol. The second-order valence-corrected chi connectivity index (χ2v) is 7.64.